The molecule has 0 aromatic carbocycles. The molecule has 0 unspecified atom stereocenters. The summed E-state index contributed by atoms with van der Waals surface area (Å²) in [5.41, 5.74) is 0.922. The van der Waals surface area contributed by atoms with Crippen molar-refractivity contribution in [2.24, 2.45) is 0 Å². The highest BCUT2D eigenvalue weighted by molar-refractivity contribution is 7.13. The molecule has 0 aliphatic carbocycles. The summed E-state index contributed by atoms with van der Waals surface area (Å²) in [6.45, 7) is 1.99. The van der Waals surface area contributed by atoms with Crippen LogP contribution in [0.2, 0.25) is 5.02 Å². The van der Waals surface area contributed by atoms with Crippen molar-refractivity contribution in [3.05, 3.63) is 38.9 Å². The Morgan fingerprint density at radius 1 is 1.16 bits per heavy atom. The van der Waals surface area contributed by atoms with Gasteiger partial charge in [-0.25, -0.2) is 9.97 Å². The number of nitrogens with one attached hydrogen (secondary N) is 3. The van der Waals surface area contributed by atoms with Gasteiger partial charge in [0, 0.05) is 50.8 Å². The van der Waals surface area contributed by atoms with E-state index in [1.165, 1.54) is 36.8 Å². The van der Waals surface area contributed by atoms with Crippen LogP contribution < -0.4 is 16.0 Å². The van der Waals surface area contributed by atoms with Gasteiger partial charge in [0.15, 0.2) is 5.01 Å². The highest BCUT2D eigenvalue weighted by Crippen LogP contribution is 2.25. The second-order valence-corrected chi connectivity index (χ2v) is 10.4. The minimum absolute atomic E-state index is 0.0963. The number of likely N-dealkylation sites (tertiary alicyclic amines) is 1. The summed E-state index contributed by atoms with van der Waals surface area (Å²) in [6, 6.07) is 1.78. The van der Waals surface area contributed by atoms with E-state index in [0.29, 0.717) is 23.0 Å². The zero-order valence-electron chi connectivity index (χ0n) is 20.5. The largest absolute Gasteiger partial charge is 0.375 e. The second-order valence-electron chi connectivity index (χ2n) is 8.91. The Bertz CT molecular complexity index is 1170. The van der Waals surface area contributed by atoms with Crippen LogP contribution in [0.3, 0.4) is 0 Å². The van der Waals surface area contributed by atoms with Gasteiger partial charge in [0.2, 0.25) is 5.91 Å². The van der Waals surface area contributed by atoms with Crippen molar-refractivity contribution in [1.29, 1.82) is 0 Å². The molecule has 2 atom stereocenters. The van der Waals surface area contributed by atoms with Gasteiger partial charge in [-0.2, -0.15) is 0 Å². The van der Waals surface area contributed by atoms with E-state index in [0.717, 1.165) is 30.1 Å². The van der Waals surface area contributed by atoms with Crippen molar-refractivity contribution in [3.63, 3.8) is 0 Å². The molecule has 2 aromatic heterocycles. The van der Waals surface area contributed by atoms with Gasteiger partial charge >= 0.3 is 11.8 Å². The smallest absolute Gasteiger partial charge is 0.314 e. The molecule has 3 N–H and O–H groups in total. The first-order chi connectivity index (χ1) is 17.7. The number of rotatable bonds is 6. The third kappa shape index (κ3) is 6.80. The first kappa shape index (κ1) is 26.9. The van der Waals surface area contributed by atoms with Gasteiger partial charge in [-0.05, 0) is 25.6 Å². The van der Waals surface area contributed by atoms with Crippen LogP contribution in [0.4, 0.5) is 5.82 Å². The van der Waals surface area contributed by atoms with E-state index in [4.69, 9.17) is 16.3 Å². The molecule has 2 aliphatic heterocycles. The zero-order chi connectivity index (χ0) is 26.5. The first-order valence-corrected chi connectivity index (χ1v) is 12.9. The van der Waals surface area contributed by atoms with E-state index in [1.807, 2.05) is 7.05 Å². The molecule has 37 heavy (non-hydrogen) atoms. The molecule has 198 valence electrons. The number of halogens is 1. The lowest BCUT2D eigenvalue weighted by atomic mass is 9.98. The van der Waals surface area contributed by atoms with Crippen LogP contribution in [0.1, 0.15) is 26.8 Å². The molecule has 0 spiro atoms. The van der Waals surface area contributed by atoms with Crippen LogP contribution in [0.25, 0.3) is 0 Å². The summed E-state index contributed by atoms with van der Waals surface area (Å²) < 4.78 is 4.96. The first-order valence-electron chi connectivity index (χ1n) is 11.7. The number of anilines is 1. The molecule has 2 aromatic rings. The third-order valence-electron chi connectivity index (χ3n) is 6.16. The molecule has 12 nitrogen and oxygen atoms in total. The summed E-state index contributed by atoms with van der Waals surface area (Å²) in [7, 11) is 3.45. The molecule has 4 amide bonds. The lowest BCUT2D eigenvalue weighted by Gasteiger charge is -2.38. The van der Waals surface area contributed by atoms with Gasteiger partial charge in [-0.1, -0.05) is 11.6 Å². The zero-order valence-corrected chi connectivity index (χ0v) is 22.0. The Kier molecular flexibility index (Phi) is 8.69. The average Bonchev–Trinajstić information content (AvgIpc) is 3.30. The molecule has 4 heterocycles. The monoisotopic (exact) mass is 549 g/mol. The van der Waals surface area contributed by atoms with Crippen LogP contribution in [0, 0.1) is 0 Å². The maximum Gasteiger partial charge on any atom is 0.314 e. The van der Waals surface area contributed by atoms with E-state index in [9.17, 15) is 19.2 Å². The fraction of sp³-hybridized carbons (Fsp3) is 0.478. The number of pyridine rings is 1. The number of hydrogen-bond acceptors (Lipinski definition) is 9. The molecule has 0 bridgehead atoms. The predicted octanol–water partition coefficient (Wildman–Crippen LogP) is 0.280. The van der Waals surface area contributed by atoms with Gasteiger partial charge in [-0.3, -0.25) is 19.2 Å². The molecule has 2 aliphatic rings. The number of nitrogens with zero attached hydrogens (tertiary/aromatic N) is 4. The van der Waals surface area contributed by atoms with Gasteiger partial charge < -0.3 is 30.5 Å². The SMILES string of the molecule is COCC(=O)N1CC[C@H](NC(=O)C(=O)Nc2ccc(Cl)cn2)[C@H](NC(=O)c2nc3c(s2)CN(C)CC3)C1. The number of likely N-dealkylation sites (N-methyl/N-ethyl adjacent to an activating group) is 1. The van der Waals surface area contributed by atoms with Gasteiger partial charge in [0.1, 0.15) is 12.4 Å². The van der Waals surface area contributed by atoms with E-state index < -0.39 is 23.9 Å². The van der Waals surface area contributed by atoms with Crippen LogP contribution in [0.5, 0.6) is 0 Å². The van der Waals surface area contributed by atoms with E-state index in [2.05, 4.69) is 30.8 Å². The van der Waals surface area contributed by atoms with E-state index in [1.54, 1.807) is 4.90 Å². The summed E-state index contributed by atoms with van der Waals surface area (Å²) in [5, 5.41) is 8.75. The number of piperidine rings is 1. The summed E-state index contributed by atoms with van der Waals surface area (Å²) >= 11 is 7.14. The number of carbonyl (C=O) groups is 4. The Balaban J connectivity index is 1.44. The van der Waals surface area contributed by atoms with Crippen molar-refractivity contribution in [2.75, 3.05) is 45.7 Å². The molecule has 1 fully saturated rings. The van der Waals surface area contributed by atoms with Gasteiger partial charge in [-0.15, -0.1) is 11.3 Å². The Labute approximate surface area is 222 Å². The minimum atomic E-state index is -0.908. The Morgan fingerprint density at radius 2 is 1.97 bits per heavy atom. The standard InChI is InChI=1S/C23H28ClN7O5S/c1-30-7-5-15-17(11-30)37-23(28-15)22(35)27-16-10-31(19(32)12-36-2)8-6-14(16)26-20(33)21(34)29-18-4-3-13(24)9-25-18/h3-4,9,14,16H,5-8,10-12H2,1-2H3,(H,26,33)(H,27,35)(H,25,29,34)/t14-,16+/m0/s1. The topological polar surface area (TPSA) is 146 Å². The number of thiazole rings is 1. The van der Waals surface area contributed by atoms with Crippen molar-refractivity contribution >= 4 is 52.4 Å². The van der Waals surface area contributed by atoms with Gasteiger partial charge in [0.25, 0.3) is 5.91 Å². The molecule has 0 radical (unpaired) electrons. The van der Waals surface area contributed by atoms with E-state index >= 15 is 0 Å². The summed E-state index contributed by atoms with van der Waals surface area (Å²) in [6.07, 6.45) is 2.45. The van der Waals surface area contributed by atoms with E-state index in [-0.39, 0.29) is 30.8 Å². The number of fused-ring (bicyclic) bond motifs is 1. The van der Waals surface area contributed by atoms with Crippen molar-refractivity contribution < 1.29 is 23.9 Å². The fourth-order valence-electron chi connectivity index (χ4n) is 4.22. The highest BCUT2D eigenvalue weighted by Gasteiger charge is 2.35. The van der Waals surface area contributed by atoms with Crippen molar-refractivity contribution in [3.8, 4) is 0 Å². The molecular weight excluding hydrogens is 522 g/mol. The van der Waals surface area contributed by atoms with Gasteiger partial charge in [0.05, 0.1) is 22.8 Å². The van der Waals surface area contributed by atoms with Crippen LogP contribution in [-0.2, 0) is 32.1 Å². The maximum absolute atomic E-state index is 13.1. The lowest BCUT2D eigenvalue weighted by molar-refractivity contribution is -0.138. The fourth-order valence-corrected chi connectivity index (χ4v) is 5.42. The number of aromatic nitrogens is 2. The van der Waals surface area contributed by atoms with Crippen molar-refractivity contribution in [1.82, 2.24) is 30.4 Å². The maximum atomic E-state index is 13.1. The average molecular weight is 550 g/mol. The third-order valence-corrected chi connectivity index (χ3v) is 7.46. The summed E-state index contributed by atoms with van der Waals surface area (Å²) in [5.74, 6) is -2.24. The molecule has 1 saturated heterocycles. The van der Waals surface area contributed by atoms with Crippen LogP contribution in [0.15, 0.2) is 18.3 Å². The molecule has 14 heteroatoms. The minimum Gasteiger partial charge on any atom is -0.375 e. The molecule has 4 rings (SSSR count). The Hall–Kier alpha value is -3.13. The second kappa shape index (κ2) is 11.9. The Morgan fingerprint density at radius 3 is 2.70 bits per heavy atom. The van der Waals surface area contributed by atoms with Crippen LogP contribution in [-0.4, -0.2) is 95.9 Å². The lowest BCUT2D eigenvalue weighted by Crippen LogP contribution is -2.62. The summed E-state index contributed by atoms with van der Waals surface area (Å²) in [4.78, 5) is 63.9. The normalized spacial score (nSPS) is 19.6. The number of ether oxygens (including phenoxy) is 1. The quantitative estimate of drug-likeness (QED) is 0.436. The molecule has 0 saturated carbocycles. The highest BCUT2D eigenvalue weighted by atomic mass is 35.5. The van der Waals surface area contributed by atoms with Crippen LogP contribution >= 0.6 is 22.9 Å². The number of methoxy groups -OCH3 is 1. The number of carbonyl (C=O) groups excluding carboxylic acids is 4. The number of amides is 4. The predicted molar refractivity (Wildman–Crippen MR) is 136 cm³/mol. The van der Waals surface area contributed by atoms with Crippen molar-refractivity contribution in [2.45, 2.75) is 31.5 Å². The molecular formula is C23H28ClN7O5S. The number of hydrogen-bond donors (Lipinski definition) is 3.